The summed E-state index contributed by atoms with van der Waals surface area (Å²) in [6, 6.07) is 12.6. The molecule has 0 radical (unpaired) electrons. The average Bonchev–Trinajstić information content (AvgIpc) is 2.59. The van der Waals surface area contributed by atoms with E-state index < -0.39 is 0 Å². The van der Waals surface area contributed by atoms with Gasteiger partial charge in [-0.2, -0.15) is 0 Å². The molecule has 0 N–H and O–H groups in total. The first kappa shape index (κ1) is 17.2. The van der Waals surface area contributed by atoms with E-state index in [1.165, 1.54) is 0 Å². The number of hydrogen-bond donors (Lipinski definition) is 0. The van der Waals surface area contributed by atoms with E-state index in [2.05, 4.69) is 0 Å². The van der Waals surface area contributed by atoms with E-state index in [0.29, 0.717) is 35.2 Å². The predicted molar refractivity (Wildman–Crippen MR) is 91.4 cm³/mol. The minimum atomic E-state index is -0.0287. The maximum atomic E-state index is 12.6. The van der Waals surface area contributed by atoms with Crippen molar-refractivity contribution in [3.05, 3.63) is 58.6 Å². The highest BCUT2D eigenvalue weighted by atomic mass is 35.5. The molecule has 0 spiro atoms. The minimum absolute atomic E-state index is 0.0287. The summed E-state index contributed by atoms with van der Waals surface area (Å²) >= 11 is 5.87. The van der Waals surface area contributed by atoms with Crippen LogP contribution in [0.25, 0.3) is 0 Å². The molecule has 4 nitrogen and oxygen atoms in total. The Morgan fingerprint density at radius 2 is 1.70 bits per heavy atom. The Balaban J connectivity index is 2.18. The molecule has 0 fully saturated rings. The van der Waals surface area contributed by atoms with Crippen molar-refractivity contribution >= 4 is 17.5 Å². The van der Waals surface area contributed by atoms with E-state index in [-0.39, 0.29) is 5.91 Å². The summed E-state index contributed by atoms with van der Waals surface area (Å²) in [5, 5.41) is 0.615. The molecule has 0 saturated heterocycles. The molecule has 0 unspecified atom stereocenters. The molecule has 0 bridgehead atoms. The molecule has 0 atom stereocenters. The van der Waals surface area contributed by atoms with Gasteiger partial charge in [-0.1, -0.05) is 17.7 Å². The summed E-state index contributed by atoms with van der Waals surface area (Å²) < 4.78 is 10.5. The number of ether oxygens (including phenoxy) is 2. The van der Waals surface area contributed by atoms with E-state index >= 15 is 0 Å². The van der Waals surface area contributed by atoms with Gasteiger partial charge < -0.3 is 14.4 Å². The van der Waals surface area contributed by atoms with Crippen molar-refractivity contribution < 1.29 is 14.3 Å². The first-order valence-corrected chi connectivity index (χ1v) is 7.72. The van der Waals surface area contributed by atoms with Gasteiger partial charge in [0.2, 0.25) is 0 Å². The molecular formula is C18H20ClNO3. The van der Waals surface area contributed by atoms with Gasteiger partial charge in [0.25, 0.3) is 5.91 Å². The van der Waals surface area contributed by atoms with Crippen molar-refractivity contribution in [2.24, 2.45) is 0 Å². The predicted octanol–water partition coefficient (Wildman–Crippen LogP) is 4.02. The molecule has 0 aromatic heterocycles. The van der Waals surface area contributed by atoms with Crippen LogP contribution in [-0.2, 0) is 6.54 Å². The van der Waals surface area contributed by atoms with E-state index in [0.717, 1.165) is 5.56 Å². The third kappa shape index (κ3) is 4.17. The van der Waals surface area contributed by atoms with Crippen molar-refractivity contribution in [1.82, 2.24) is 4.90 Å². The maximum absolute atomic E-state index is 12.6. The Morgan fingerprint density at radius 3 is 2.26 bits per heavy atom. The zero-order valence-corrected chi connectivity index (χ0v) is 14.3. The molecule has 0 aliphatic heterocycles. The normalized spacial score (nSPS) is 10.3. The van der Waals surface area contributed by atoms with Gasteiger partial charge in [-0.05, 0) is 48.9 Å². The molecule has 2 rings (SSSR count). The number of carbonyl (C=O) groups excluding carboxylic acids is 1. The van der Waals surface area contributed by atoms with Crippen molar-refractivity contribution in [1.29, 1.82) is 0 Å². The molecule has 5 heteroatoms. The number of benzene rings is 2. The van der Waals surface area contributed by atoms with Crippen LogP contribution in [0.4, 0.5) is 0 Å². The van der Waals surface area contributed by atoms with Crippen molar-refractivity contribution in [3.63, 3.8) is 0 Å². The second kappa shape index (κ2) is 7.88. The fourth-order valence-electron chi connectivity index (χ4n) is 2.30. The lowest BCUT2D eigenvalue weighted by Crippen LogP contribution is -2.30. The van der Waals surface area contributed by atoms with E-state index in [9.17, 15) is 4.79 Å². The third-order valence-corrected chi connectivity index (χ3v) is 3.83. The molecule has 23 heavy (non-hydrogen) atoms. The lowest BCUT2D eigenvalue weighted by atomic mass is 10.1. The molecule has 0 saturated carbocycles. The van der Waals surface area contributed by atoms with Crippen LogP contribution in [0.15, 0.2) is 42.5 Å². The van der Waals surface area contributed by atoms with Crippen LogP contribution >= 0.6 is 11.6 Å². The summed E-state index contributed by atoms with van der Waals surface area (Å²) in [4.78, 5) is 14.4. The largest absolute Gasteiger partial charge is 0.493 e. The lowest BCUT2D eigenvalue weighted by Gasteiger charge is -2.21. The summed E-state index contributed by atoms with van der Waals surface area (Å²) in [6.45, 7) is 3.06. The monoisotopic (exact) mass is 333 g/mol. The van der Waals surface area contributed by atoms with Crippen LogP contribution in [0.1, 0.15) is 22.8 Å². The number of hydrogen-bond acceptors (Lipinski definition) is 3. The number of nitrogens with zero attached hydrogens (tertiary/aromatic N) is 1. The molecular weight excluding hydrogens is 314 g/mol. The minimum Gasteiger partial charge on any atom is -0.493 e. The number of halogens is 1. The topological polar surface area (TPSA) is 38.8 Å². The SMILES string of the molecule is CCN(Cc1ccc(OC)c(OC)c1)C(=O)c1ccc(Cl)cc1. The van der Waals surface area contributed by atoms with Crippen LogP contribution in [-0.4, -0.2) is 31.6 Å². The zero-order valence-electron chi connectivity index (χ0n) is 13.5. The van der Waals surface area contributed by atoms with Crippen molar-refractivity contribution in [2.75, 3.05) is 20.8 Å². The molecule has 122 valence electrons. The summed E-state index contributed by atoms with van der Waals surface area (Å²) in [5.41, 5.74) is 1.60. The Labute approximate surface area is 141 Å². The van der Waals surface area contributed by atoms with Gasteiger partial charge in [0.15, 0.2) is 11.5 Å². The molecule has 2 aromatic carbocycles. The fourth-order valence-corrected chi connectivity index (χ4v) is 2.43. The van der Waals surface area contributed by atoms with Gasteiger partial charge in [-0.25, -0.2) is 0 Å². The summed E-state index contributed by atoms with van der Waals surface area (Å²) in [6.07, 6.45) is 0. The molecule has 0 aliphatic carbocycles. The quantitative estimate of drug-likeness (QED) is 0.801. The van der Waals surface area contributed by atoms with Gasteiger partial charge in [0.05, 0.1) is 14.2 Å². The first-order chi connectivity index (χ1) is 11.1. The Kier molecular flexibility index (Phi) is 5.88. The maximum Gasteiger partial charge on any atom is 0.254 e. The van der Waals surface area contributed by atoms with E-state index in [1.807, 2.05) is 25.1 Å². The molecule has 1 amide bonds. The zero-order chi connectivity index (χ0) is 16.8. The third-order valence-electron chi connectivity index (χ3n) is 3.58. The summed E-state index contributed by atoms with van der Waals surface area (Å²) in [7, 11) is 3.19. The smallest absolute Gasteiger partial charge is 0.254 e. The highest BCUT2D eigenvalue weighted by molar-refractivity contribution is 6.30. The van der Waals surface area contributed by atoms with Crippen LogP contribution in [0, 0.1) is 0 Å². The van der Waals surface area contributed by atoms with Crippen LogP contribution < -0.4 is 9.47 Å². The van der Waals surface area contributed by atoms with Gasteiger partial charge >= 0.3 is 0 Å². The van der Waals surface area contributed by atoms with Gasteiger partial charge in [-0.3, -0.25) is 4.79 Å². The van der Waals surface area contributed by atoms with E-state index in [1.54, 1.807) is 43.4 Å². The molecule has 0 aliphatic rings. The highest BCUT2D eigenvalue weighted by Crippen LogP contribution is 2.28. The lowest BCUT2D eigenvalue weighted by molar-refractivity contribution is 0.0752. The Morgan fingerprint density at radius 1 is 1.04 bits per heavy atom. The standard InChI is InChI=1S/C18H20ClNO3/c1-4-20(18(21)14-6-8-15(19)9-7-14)12-13-5-10-16(22-2)17(11-13)23-3/h5-11H,4,12H2,1-3H3. The second-order valence-corrected chi connectivity index (χ2v) is 5.45. The van der Waals surface area contributed by atoms with Crippen LogP contribution in [0.3, 0.4) is 0 Å². The fraction of sp³-hybridized carbons (Fsp3) is 0.278. The van der Waals surface area contributed by atoms with Crippen LogP contribution in [0.2, 0.25) is 5.02 Å². The number of methoxy groups -OCH3 is 2. The number of rotatable bonds is 6. The van der Waals surface area contributed by atoms with E-state index in [4.69, 9.17) is 21.1 Å². The molecule has 0 heterocycles. The van der Waals surface area contributed by atoms with Gasteiger partial charge in [0.1, 0.15) is 0 Å². The second-order valence-electron chi connectivity index (χ2n) is 5.02. The van der Waals surface area contributed by atoms with Crippen molar-refractivity contribution in [3.8, 4) is 11.5 Å². The number of carbonyl (C=O) groups is 1. The van der Waals surface area contributed by atoms with Crippen molar-refractivity contribution in [2.45, 2.75) is 13.5 Å². The highest BCUT2D eigenvalue weighted by Gasteiger charge is 2.15. The Hall–Kier alpha value is -2.20. The van der Waals surface area contributed by atoms with Gasteiger partial charge in [0, 0.05) is 23.7 Å². The number of amides is 1. The molecule has 2 aromatic rings. The first-order valence-electron chi connectivity index (χ1n) is 7.34. The Bertz CT molecular complexity index is 670. The van der Waals surface area contributed by atoms with Crippen LogP contribution in [0.5, 0.6) is 11.5 Å². The van der Waals surface area contributed by atoms with Gasteiger partial charge in [-0.15, -0.1) is 0 Å². The summed E-state index contributed by atoms with van der Waals surface area (Å²) in [5.74, 6) is 1.29. The average molecular weight is 334 g/mol.